The van der Waals surface area contributed by atoms with E-state index >= 15 is 0 Å². The maximum Gasteiger partial charge on any atom is 0.170 e. The Morgan fingerprint density at radius 1 is 1.08 bits per heavy atom. The van der Waals surface area contributed by atoms with Crippen molar-refractivity contribution >= 4 is 46.4 Å². The molecule has 1 fully saturated rings. The molecule has 0 atom stereocenters. The first-order valence-electron chi connectivity index (χ1n) is 8.89. The first-order chi connectivity index (χ1) is 12.7. The molecule has 0 amide bonds. The second-order valence-electron chi connectivity index (χ2n) is 6.23. The molecule has 0 heterocycles. The SMILES string of the molecule is S=C(NCCSc1ccc(Cl)cc1)Nc1ccc(OC2CCCC2)cc1. The summed E-state index contributed by atoms with van der Waals surface area (Å²) in [6.45, 7) is 0.794. The highest BCUT2D eigenvalue weighted by Crippen LogP contribution is 2.25. The van der Waals surface area contributed by atoms with Crippen LogP contribution in [0.5, 0.6) is 5.75 Å². The summed E-state index contributed by atoms with van der Waals surface area (Å²) in [5.41, 5.74) is 0.964. The standard InChI is InChI=1S/C20H23ClN2OS2/c21-15-5-11-19(12-6-15)26-14-13-22-20(25)23-16-7-9-18(10-8-16)24-17-3-1-2-4-17/h5-12,17H,1-4,13-14H2,(H2,22,23,25). The Kier molecular flexibility index (Phi) is 7.47. The number of thioether (sulfide) groups is 1. The summed E-state index contributed by atoms with van der Waals surface area (Å²) in [5.74, 6) is 1.86. The topological polar surface area (TPSA) is 33.3 Å². The van der Waals surface area contributed by atoms with Gasteiger partial charge in [-0.05, 0) is 86.4 Å². The maximum absolute atomic E-state index is 5.98. The van der Waals surface area contributed by atoms with E-state index in [1.165, 1.54) is 30.6 Å². The zero-order valence-electron chi connectivity index (χ0n) is 14.5. The van der Waals surface area contributed by atoms with Crippen LogP contribution in [0.2, 0.25) is 5.02 Å². The number of ether oxygens (including phenoxy) is 1. The second-order valence-corrected chi connectivity index (χ2v) is 8.24. The summed E-state index contributed by atoms with van der Waals surface area (Å²) in [7, 11) is 0. The predicted molar refractivity (Wildman–Crippen MR) is 116 cm³/mol. The highest BCUT2D eigenvalue weighted by atomic mass is 35.5. The van der Waals surface area contributed by atoms with E-state index in [9.17, 15) is 0 Å². The molecule has 138 valence electrons. The van der Waals surface area contributed by atoms with Crippen LogP contribution >= 0.6 is 35.6 Å². The van der Waals surface area contributed by atoms with Crippen LogP contribution < -0.4 is 15.4 Å². The minimum absolute atomic E-state index is 0.384. The van der Waals surface area contributed by atoms with E-state index in [0.717, 1.165) is 28.8 Å². The van der Waals surface area contributed by atoms with Gasteiger partial charge in [-0.1, -0.05) is 11.6 Å². The number of nitrogens with one attached hydrogen (secondary N) is 2. The van der Waals surface area contributed by atoms with Gasteiger partial charge in [-0.25, -0.2) is 0 Å². The Morgan fingerprint density at radius 3 is 2.46 bits per heavy atom. The van der Waals surface area contributed by atoms with E-state index in [4.69, 9.17) is 28.6 Å². The summed E-state index contributed by atoms with van der Waals surface area (Å²) in [4.78, 5) is 1.20. The molecule has 2 aromatic rings. The Balaban J connectivity index is 1.35. The van der Waals surface area contributed by atoms with E-state index in [1.807, 2.05) is 48.5 Å². The van der Waals surface area contributed by atoms with Gasteiger partial charge in [-0.15, -0.1) is 11.8 Å². The maximum atomic E-state index is 5.98. The van der Waals surface area contributed by atoms with Crippen molar-refractivity contribution in [3.63, 3.8) is 0 Å². The van der Waals surface area contributed by atoms with Gasteiger partial charge in [0, 0.05) is 27.9 Å². The molecule has 0 bridgehead atoms. The Bertz CT molecular complexity index is 701. The lowest BCUT2D eigenvalue weighted by atomic mass is 10.3. The minimum atomic E-state index is 0.384. The first-order valence-corrected chi connectivity index (χ1v) is 10.7. The first kappa shape index (κ1) is 19.3. The molecular formula is C20H23ClN2OS2. The molecule has 1 aliphatic rings. The van der Waals surface area contributed by atoms with Crippen LogP contribution in [-0.2, 0) is 0 Å². The highest BCUT2D eigenvalue weighted by molar-refractivity contribution is 7.99. The quantitative estimate of drug-likeness (QED) is 0.348. The smallest absolute Gasteiger partial charge is 0.170 e. The molecule has 6 heteroatoms. The van der Waals surface area contributed by atoms with Crippen molar-refractivity contribution in [2.75, 3.05) is 17.6 Å². The van der Waals surface area contributed by atoms with Gasteiger partial charge in [0.15, 0.2) is 5.11 Å². The second kappa shape index (κ2) is 10.0. The van der Waals surface area contributed by atoms with Crippen molar-refractivity contribution in [3.8, 4) is 5.75 Å². The molecule has 0 saturated heterocycles. The number of anilines is 1. The normalized spacial score (nSPS) is 14.2. The van der Waals surface area contributed by atoms with Crippen LogP contribution in [0.15, 0.2) is 53.4 Å². The van der Waals surface area contributed by atoms with Crippen molar-refractivity contribution in [2.45, 2.75) is 36.7 Å². The van der Waals surface area contributed by atoms with Crippen LogP contribution in [-0.4, -0.2) is 23.5 Å². The van der Waals surface area contributed by atoms with Gasteiger partial charge in [-0.3, -0.25) is 0 Å². The van der Waals surface area contributed by atoms with Crippen molar-refractivity contribution in [3.05, 3.63) is 53.6 Å². The summed E-state index contributed by atoms with van der Waals surface area (Å²) >= 11 is 13.0. The van der Waals surface area contributed by atoms with Crippen molar-refractivity contribution in [1.82, 2.24) is 5.32 Å². The summed E-state index contributed by atoms with van der Waals surface area (Å²) < 4.78 is 5.98. The Hall–Kier alpha value is -1.43. The van der Waals surface area contributed by atoms with E-state index in [-0.39, 0.29) is 0 Å². The van der Waals surface area contributed by atoms with Gasteiger partial charge < -0.3 is 15.4 Å². The Labute approximate surface area is 169 Å². The molecule has 26 heavy (non-hydrogen) atoms. The minimum Gasteiger partial charge on any atom is -0.490 e. The van der Waals surface area contributed by atoms with Crippen molar-refractivity contribution in [1.29, 1.82) is 0 Å². The molecule has 0 aliphatic heterocycles. The highest BCUT2D eigenvalue weighted by Gasteiger charge is 2.16. The van der Waals surface area contributed by atoms with E-state index in [2.05, 4.69) is 10.6 Å². The molecular weight excluding hydrogens is 384 g/mol. The fourth-order valence-electron chi connectivity index (χ4n) is 2.86. The van der Waals surface area contributed by atoms with Crippen LogP contribution in [0.1, 0.15) is 25.7 Å². The molecule has 0 radical (unpaired) electrons. The molecule has 0 aromatic heterocycles. The van der Waals surface area contributed by atoms with Gasteiger partial charge in [0.2, 0.25) is 0 Å². The number of thiocarbonyl (C=S) groups is 1. The van der Waals surface area contributed by atoms with Gasteiger partial charge >= 0.3 is 0 Å². The number of rotatable bonds is 7. The van der Waals surface area contributed by atoms with Crippen LogP contribution in [0, 0.1) is 0 Å². The monoisotopic (exact) mass is 406 g/mol. The number of hydrogen-bond acceptors (Lipinski definition) is 3. The van der Waals surface area contributed by atoms with Crippen LogP contribution in [0.4, 0.5) is 5.69 Å². The molecule has 0 unspecified atom stereocenters. The Morgan fingerprint density at radius 2 is 1.77 bits per heavy atom. The lowest BCUT2D eigenvalue weighted by Gasteiger charge is -2.14. The lowest BCUT2D eigenvalue weighted by molar-refractivity contribution is 0.210. The molecule has 2 aromatic carbocycles. The average Bonchev–Trinajstić information content (AvgIpc) is 3.15. The van der Waals surface area contributed by atoms with Gasteiger partial charge in [-0.2, -0.15) is 0 Å². The third-order valence-corrected chi connectivity index (χ3v) is 5.70. The zero-order valence-corrected chi connectivity index (χ0v) is 16.9. The molecule has 1 saturated carbocycles. The molecule has 2 N–H and O–H groups in total. The van der Waals surface area contributed by atoms with Crippen molar-refractivity contribution < 1.29 is 4.74 Å². The average molecular weight is 407 g/mol. The van der Waals surface area contributed by atoms with Crippen LogP contribution in [0.3, 0.4) is 0 Å². The van der Waals surface area contributed by atoms with Gasteiger partial charge in [0.25, 0.3) is 0 Å². The predicted octanol–water partition coefficient (Wildman–Crippen LogP) is 5.74. The fourth-order valence-corrected chi connectivity index (χ4v) is 3.97. The third kappa shape index (κ3) is 6.38. The number of hydrogen-bond donors (Lipinski definition) is 2. The van der Waals surface area contributed by atoms with E-state index in [0.29, 0.717) is 11.2 Å². The molecule has 3 nitrogen and oxygen atoms in total. The zero-order chi connectivity index (χ0) is 18.2. The van der Waals surface area contributed by atoms with Gasteiger partial charge in [0.05, 0.1) is 6.10 Å². The summed E-state index contributed by atoms with van der Waals surface area (Å²) in [6.07, 6.45) is 5.28. The molecule has 0 spiro atoms. The number of halogens is 1. The fraction of sp³-hybridized carbons (Fsp3) is 0.350. The van der Waals surface area contributed by atoms with E-state index < -0.39 is 0 Å². The largest absolute Gasteiger partial charge is 0.490 e. The number of benzene rings is 2. The summed E-state index contributed by atoms with van der Waals surface area (Å²) in [6, 6.07) is 15.9. The van der Waals surface area contributed by atoms with Crippen LogP contribution in [0.25, 0.3) is 0 Å². The van der Waals surface area contributed by atoms with E-state index in [1.54, 1.807) is 11.8 Å². The third-order valence-electron chi connectivity index (χ3n) is 4.19. The van der Waals surface area contributed by atoms with Gasteiger partial charge in [0.1, 0.15) is 5.75 Å². The lowest BCUT2D eigenvalue weighted by Crippen LogP contribution is -2.30. The van der Waals surface area contributed by atoms with Crippen molar-refractivity contribution in [2.24, 2.45) is 0 Å². The molecule has 3 rings (SSSR count). The summed E-state index contributed by atoms with van der Waals surface area (Å²) in [5, 5.41) is 7.83. The molecule has 1 aliphatic carbocycles.